The van der Waals surface area contributed by atoms with Gasteiger partial charge in [-0.2, -0.15) is 0 Å². The van der Waals surface area contributed by atoms with Crippen LogP contribution in [0.1, 0.15) is 41.2 Å². The molecule has 182 valence electrons. The highest BCUT2D eigenvalue weighted by atomic mass is 19.1. The minimum Gasteiger partial charge on any atom is -0.480 e. The average Bonchev–Trinajstić information content (AvgIpc) is 2.77. The second-order valence-corrected chi connectivity index (χ2v) is 8.70. The zero-order valence-corrected chi connectivity index (χ0v) is 20.0. The molecule has 35 heavy (non-hydrogen) atoms. The fourth-order valence-corrected chi connectivity index (χ4v) is 3.79. The van der Waals surface area contributed by atoms with Crippen LogP contribution >= 0.6 is 0 Å². The second kappa shape index (κ2) is 10.4. The number of nitrogens with one attached hydrogen (secondary N) is 2. The van der Waals surface area contributed by atoms with Crippen LogP contribution in [-0.2, 0) is 11.3 Å². The molecular weight excluding hydrogens is 451 g/mol. The van der Waals surface area contributed by atoms with E-state index < -0.39 is 23.7 Å². The Morgan fingerprint density at radius 2 is 1.97 bits per heavy atom. The molecule has 2 aromatic carbocycles. The Hall–Kier alpha value is -4.19. The molecule has 0 saturated heterocycles. The number of rotatable bonds is 8. The zero-order chi connectivity index (χ0) is 25.9. The molecule has 8 nitrogen and oxygen atoms in total. The van der Waals surface area contributed by atoms with E-state index in [0.717, 1.165) is 11.1 Å². The van der Waals surface area contributed by atoms with Gasteiger partial charge in [-0.05, 0) is 61.2 Å². The standard InChI is InChI=1S/C26H27FN4O4/c1-6-9-31(13-17-11-20-22(10-15(17)4)28-16(5)29-25(20)33)18-7-8-19(21(27)12-18)24(32)30-23(14(2)3)26(34)35/h1,7-8,10-12,14,23H,9,13H2,2-5H3,(H,30,32)(H,34,35)(H,28,29,33)/t23-/m0/s1. The fourth-order valence-electron chi connectivity index (χ4n) is 3.79. The van der Waals surface area contributed by atoms with Gasteiger partial charge < -0.3 is 20.3 Å². The zero-order valence-electron chi connectivity index (χ0n) is 20.0. The number of terminal acetylenes is 1. The van der Waals surface area contributed by atoms with E-state index in [2.05, 4.69) is 21.2 Å². The summed E-state index contributed by atoms with van der Waals surface area (Å²) in [5, 5.41) is 12.1. The first-order chi connectivity index (χ1) is 16.5. The molecule has 0 aliphatic heterocycles. The Bertz CT molecular complexity index is 1390. The molecule has 0 saturated carbocycles. The quantitative estimate of drug-likeness (QED) is 0.429. The number of aromatic nitrogens is 2. The molecule has 0 radical (unpaired) electrons. The van der Waals surface area contributed by atoms with Crippen LogP contribution in [-0.4, -0.2) is 39.5 Å². The number of aryl methyl sites for hydroxylation is 2. The number of hydrogen-bond acceptors (Lipinski definition) is 5. The van der Waals surface area contributed by atoms with Crippen molar-refractivity contribution in [3.05, 3.63) is 69.0 Å². The van der Waals surface area contributed by atoms with Gasteiger partial charge in [0.05, 0.1) is 23.0 Å². The van der Waals surface area contributed by atoms with Gasteiger partial charge in [0.1, 0.15) is 17.7 Å². The molecule has 3 N–H and O–H groups in total. The van der Waals surface area contributed by atoms with Gasteiger partial charge in [0.15, 0.2) is 0 Å². The van der Waals surface area contributed by atoms with Crippen molar-refractivity contribution in [2.75, 3.05) is 11.4 Å². The molecule has 3 rings (SSSR count). The van der Waals surface area contributed by atoms with Gasteiger partial charge >= 0.3 is 5.97 Å². The Kier molecular flexibility index (Phi) is 7.55. The summed E-state index contributed by atoms with van der Waals surface area (Å²) in [6.45, 7) is 7.34. The first-order valence-electron chi connectivity index (χ1n) is 11.0. The lowest BCUT2D eigenvalue weighted by Crippen LogP contribution is -2.44. The third-order valence-corrected chi connectivity index (χ3v) is 5.71. The van der Waals surface area contributed by atoms with Crippen LogP contribution in [0.25, 0.3) is 10.9 Å². The maximum Gasteiger partial charge on any atom is 0.326 e. The number of carbonyl (C=O) groups is 2. The minimum atomic E-state index is -1.19. The first-order valence-corrected chi connectivity index (χ1v) is 11.0. The number of amides is 1. The maximum absolute atomic E-state index is 14.9. The van der Waals surface area contributed by atoms with Crippen molar-refractivity contribution in [2.45, 2.75) is 40.3 Å². The van der Waals surface area contributed by atoms with Gasteiger partial charge in [-0.1, -0.05) is 19.8 Å². The van der Waals surface area contributed by atoms with Crippen LogP contribution < -0.4 is 15.8 Å². The minimum absolute atomic E-state index is 0.152. The van der Waals surface area contributed by atoms with Crippen LogP contribution in [0.15, 0.2) is 35.1 Å². The molecular formula is C26H27FN4O4. The largest absolute Gasteiger partial charge is 0.480 e. The monoisotopic (exact) mass is 478 g/mol. The molecule has 0 aliphatic carbocycles. The van der Waals surface area contributed by atoms with Crippen LogP contribution in [0, 0.1) is 37.9 Å². The summed E-state index contributed by atoms with van der Waals surface area (Å²) in [7, 11) is 0. The van der Waals surface area contributed by atoms with Crippen molar-refractivity contribution >= 4 is 28.5 Å². The van der Waals surface area contributed by atoms with E-state index in [1.165, 1.54) is 12.1 Å². The van der Waals surface area contributed by atoms with Gasteiger partial charge in [0.25, 0.3) is 11.5 Å². The summed E-state index contributed by atoms with van der Waals surface area (Å²) in [6.07, 6.45) is 5.55. The lowest BCUT2D eigenvalue weighted by Gasteiger charge is -2.24. The predicted octanol–water partition coefficient (Wildman–Crippen LogP) is 3.16. The number of aromatic amines is 1. The number of carboxylic acid groups (broad SMARTS) is 1. The number of fused-ring (bicyclic) bond motifs is 1. The number of halogens is 1. The molecule has 0 bridgehead atoms. The Balaban J connectivity index is 1.91. The maximum atomic E-state index is 14.9. The summed E-state index contributed by atoms with van der Waals surface area (Å²) in [4.78, 5) is 45.1. The van der Waals surface area contributed by atoms with Crippen LogP contribution in [0.2, 0.25) is 0 Å². The summed E-state index contributed by atoms with van der Waals surface area (Å²) in [6, 6.07) is 6.46. The first kappa shape index (κ1) is 25.4. The molecule has 0 unspecified atom stereocenters. The van der Waals surface area contributed by atoms with Gasteiger partial charge in [-0.3, -0.25) is 9.59 Å². The third kappa shape index (κ3) is 5.66. The highest BCUT2D eigenvalue weighted by Gasteiger charge is 2.25. The van der Waals surface area contributed by atoms with Crippen molar-refractivity contribution in [3.8, 4) is 12.3 Å². The molecule has 0 fully saturated rings. The summed E-state index contributed by atoms with van der Waals surface area (Å²) in [5.74, 6) is -0.118. The number of H-pyrrole nitrogens is 1. The van der Waals surface area contributed by atoms with Gasteiger partial charge in [0, 0.05) is 12.2 Å². The number of carboxylic acids is 1. The number of carbonyl (C=O) groups excluding carboxylic acids is 1. The Morgan fingerprint density at radius 3 is 2.57 bits per heavy atom. The van der Waals surface area contributed by atoms with Crippen LogP contribution in [0.4, 0.5) is 10.1 Å². The smallest absolute Gasteiger partial charge is 0.326 e. The lowest BCUT2D eigenvalue weighted by molar-refractivity contribution is -0.140. The molecule has 1 atom stereocenters. The van der Waals surface area contributed by atoms with E-state index >= 15 is 0 Å². The fraction of sp³-hybridized carbons (Fsp3) is 0.308. The number of aliphatic carboxylic acids is 1. The number of nitrogens with zero attached hydrogens (tertiary/aromatic N) is 2. The van der Waals surface area contributed by atoms with Gasteiger partial charge in [-0.25, -0.2) is 14.2 Å². The van der Waals surface area contributed by atoms with E-state index in [-0.39, 0.29) is 23.6 Å². The molecule has 0 aliphatic rings. The normalized spacial score (nSPS) is 11.8. The highest BCUT2D eigenvalue weighted by Crippen LogP contribution is 2.24. The molecule has 0 spiro atoms. The Labute approximate surface area is 202 Å². The van der Waals surface area contributed by atoms with Gasteiger partial charge in [0.2, 0.25) is 0 Å². The van der Waals surface area contributed by atoms with Crippen molar-refractivity contribution in [1.29, 1.82) is 0 Å². The Morgan fingerprint density at radius 1 is 1.26 bits per heavy atom. The van der Waals surface area contributed by atoms with Crippen molar-refractivity contribution in [2.24, 2.45) is 5.92 Å². The molecule has 3 aromatic rings. The highest BCUT2D eigenvalue weighted by molar-refractivity contribution is 5.97. The topological polar surface area (TPSA) is 115 Å². The third-order valence-electron chi connectivity index (χ3n) is 5.71. The van der Waals surface area contributed by atoms with E-state index in [0.29, 0.717) is 29.0 Å². The predicted molar refractivity (Wildman–Crippen MR) is 132 cm³/mol. The number of benzene rings is 2. The van der Waals surface area contributed by atoms with Crippen molar-refractivity contribution in [3.63, 3.8) is 0 Å². The molecule has 1 heterocycles. The molecule has 1 amide bonds. The summed E-state index contributed by atoms with van der Waals surface area (Å²) >= 11 is 0. The van der Waals surface area contributed by atoms with Crippen LogP contribution in [0.5, 0.6) is 0 Å². The number of anilines is 1. The summed E-state index contributed by atoms with van der Waals surface area (Å²) in [5.41, 5.74) is 2.20. The van der Waals surface area contributed by atoms with Crippen molar-refractivity contribution in [1.82, 2.24) is 15.3 Å². The lowest BCUT2D eigenvalue weighted by atomic mass is 10.0. The van der Waals surface area contributed by atoms with Crippen molar-refractivity contribution < 1.29 is 19.1 Å². The van der Waals surface area contributed by atoms with E-state index in [4.69, 9.17) is 6.42 Å². The van der Waals surface area contributed by atoms with Gasteiger partial charge in [-0.15, -0.1) is 6.42 Å². The average molecular weight is 479 g/mol. The van der Waals surface area contributed by atoms with E-state index in [1.54, 1.807) is 37.8 Å². The SMILES string of the molecule is C#CCN(Cc1cc2c(=O)[nH]c(C)nc2cc1C)c1ccc(C(=O)N[C@H](C(=O)O)C(C)C)c(F)c1. The summed E-state index contributed by atoms with van der Waals surface area (Å²) < 4.78 is 14.9. The number of hydrogen-bond donors (Lipinski definition) is 3. The second-order valence-electron chi connectivity index (χ2n) is 8.70. The molecule has 1 aromatic heterocycles. The van der Waals surface area contributed by atoms with E-state index in [1.807, 2.05) is 13.0 Å². The van der Waals surface area contributed by atoms with Crippen LogP contribution in [0.3, 0.4) is 0 Å². The molecule has 9 heteroatoms. The van der Waals surface area contributed by atoms with E-state index in [9.17, 15) is 23.9 Å².